The molecule has 3 heteroatoms. The molecule has 2 nitrogen and oxygen atoms in total. The Bertz CT molecular complexity index is 311. The second kappa shape index (κ2) is 7.14. The van der Waals surface area contributed by atoms with Crippen molar-refractivity contribution in [2.24, 2.45) is 0 Å². The SMILES string of the molecule is COC(C)(C)CCOC(CBr)c1ccccc1. The molecule has 0 aliphatic rings. The lowest BCUT2D eigenvalue weighted by atomic mass is 10.1. The van der Waals surface area contributed by atoms with Gasteiger partial charge in [-0.05, 0) is 25.8 Å². The van der Waals surface area contributed by atoms with Crippen molar-refractivity contribution in [1.82, 2.24) is 0 Å². The van der Waals surface area contributed by atoms with Crippen molar-refractivity contribution in [2.75, 3.05) is 19.0 Å². The third-order valence-corrected chi connectivity index (χ3v) is 3.48. The first-order chi connectivity index (χ1) is 8.09. The Morgan fingerprint density at radius 3 is 2.41 bits per heavy atom. The maximum absolute atomic E-state index is 5.89. The van der Waals surface area contributed by atoms with Gasteiger partial charge in [0.1, 0.15) is 0 Å². The fraction of sp³-hybridized carbons (Fsp3) is 0.571. The van der Waals surface area contributed by atoms with Gasteiger partial charge in [-0.25, -0.2) is 0 Å². The second-order valence-electron chi connectivity index (χ2n) is 4.64. The zero-order valence-corrected chi connectivity index (χ0v) is 12.4. The van der Waals surface area contributed by atoms with Crippen LogP contribution >= 0.6 is 15.9 Å². The highest BCUT2D eigenvalue weighted by molar-refractivity contribution is 9.09. The third-order valence-electron chi connectivity index (χ3n) is 2.89. The van der Waals surface area contributed by atoms with E-state index in [0.717, 1.165) is 11.8 Å². The first kappa shape index (κ1) is 14.7. The quantitative estimate of drug-likeness (QED) is 0.710. The molecule has 17 heavy (non-hydrogen) atoms. The van der Waals surface area contributed by atoms with E-state index in [1.54, 1.807) is 7.11 Å². The van der Waals surface area contributed by atoms with Crippen molar-refractivity contribution in [3.63, 3.8) is 0 Å². The van der Waals surface area contributed by atoms with E-state index in [9.17, 15) is 0 Å². The van der Waals surface area contributed by atoms with Crippen LogP contribution in [0.4, 0.5) is 0 Å². The van der Waals surface area contributed by atoms with Crippen molar-refractivity contribution >= 4 is 15.9 Å². The van der Waals surface area contributed by atoms with Crippen LogP contribution in [-0.2, 0) is 9.47 Å². The Morgan fingerprint density at radius 2 is 1.88 bits per heavy atom. The van der Waals surface area contributed by atoms with Crippen LogP contribution in [0, 0.1) is 0 Å². The van der Waals surface area contributed by atoms with E-state index in [0.29, 0.717) is 6.61 Å². The van der Waals surface area contributed by atoms with Crippen LogP contribution in [0.2, 0.25) is 0 Å². The van der Waals surface area contributed by atoms with Crippen LogP contribution < -0.4 is 0 Å². The number of methoxy groups -OCH3 is 1. The maximum Gasteiger partial charge on any atom is 0.0921 e. The van der Waals surface area contributed by atoms with Gasteiger partial charge in [0.2, 0.25) is 0 Å². The molecule has 0 saturated carbocycles. The van der Waals surface area contributed by atoms with Crippen LogP contribution in [-0.4, -0.2) is 24.6 Å². The van der Waals surface area contributed by atoms with Gasteiger partial charge in [0, 0.05) is 12.4 Å². The van der Waals surface area contributed by atoms with Crippen molar-refractivity contribution in [3.8, 4) is 0 Å². The van der Waals surface area contributed by atoms with E-state index in [1.165, 1.54) is 5.56 Å². The van der Waals surface area contributed by atoms with Crippen molar-refractivity contribution in [3.05, 3.63) is 35.9 Å². The number of ether oxygens (including phenoxy) is 2. The molecule has 0 fully saturated rings. The number of halogens is 1. The summed E-state index contributed by atoms with van der Waals surface area (Å²) in [5.74, 6) is 0. The molecule has 0 N–H and O–H groups in total. The van der Waals surface area contributed by atoms with Crippen molar-refractivity contribution in [2.45, 2.75) is 32.0 Å². The molecule has 0 saturated heterocycles. The number of hydrogen-bond donors (Lipinski definition) is 0. The maximum atomic E-state index is 5.89. The van der Waals surface area contributed by atoms with Gasteiger partial charge in [-0.15, -0.1) is 0 Å². The molecule has 1 atom stereocenters. The molecule has 0 heterocycles. The van der Waals surface area contributed by atoms with Crippen LogP contribution in [0.25, 0.3) is 0 Å². The number of benzene rings is 1. The van der Waals surface area contributed by atoms with Crippen LogP contribution in [0.15, 0.2) is 30.3 Å². The molecule has 0 aromatic heterocycles. The highest BCUT2D eigenvalue weighted by Gasteiger charge is 2.17. The third kappa shape index (κ3) is 5.19. The highest BCUT2D eigenvalue weighted by atomic mass is 79.9. The number of alkyl halides is 1. The summed E-state index contributed by atoms with van der Waals surface area (Å²) in [6.45, 7) is 4.84. The molecular formula is C14H21BrO2. The van der Waals surface area contributed by atoms with Crippen LogP contribution in [0.3, 0.4) is 0 Å². The van der Waals surface area contributed by atoms with Gasteiger partial charge < -0.3 is 9.47 Å². The molecular weight excluding hydrogens is 280 g/mol. The van der Waals surface area contributed by atoms with Gasteiger partial charge in [-0.2, -0.15) is 0 Å². The average molecular weight is 301 g/mol. The van der Waals surface area contributed by atoms with Crippen molar-refractivity contribution in [1.29, 1.82) is 0 Å². The Labute approximate surface area is 112 Å². The Balaban J connectivity index is 2.44. The van der Waals surface area contributed by atoms with Crippen LogP contribution in [0.1, 0.15) is 31.9 Å². The standard InChI is InChI=1S/C14H21BrO2/c1-14(2,16-3)9-10-17-13(11-15)12-7-5-4-6-8-12/h4-8,13H,9-11H2,1-3H3. The Kier molecular flexibility index (Phi) is 6.17. The molecule has 1 unspecified atom stereocenters. The Hall–Kier alpha value is -0.380. The minimum atomic E-state index is -0.118. The molecule has 0 bridgehead atoms. The average Bonchev–Trinajstić information content (AvgIpc) is 2.36. The second-order valence-corrected chi connectivity index (χ2v) is 5.29. The van der Waals surface area contributed by atoms with Gasteiger partial charge >= 0.3 is 0 Å². The van der Waals surface area contributed by atoms with Gasteiger partial charge in [-0.1, -0.05) is 46.3 Å². The molecule has 96 valence electrons. The summed E-state index contributed by atoms with van der Waals surface area (Å²) in [5, 5.41) is 0.810. The van der Waals surface area contributed by atoms with E-state index in [1.807, 2.05) is 18.2 Å². The summed E-state index contributed by atoms with van der Waals surface area (Å²) < 4.78 is 11.3. The summed E-state index contributed by atoms with van der Waals surface area (Å²) in [4.78, 5) is 0. The highest BCUT2D eigenvalue weighted by Crippen LogP contribution is 2.21. The first-order valence-electron chi connectivity index (χ1n) is 5.87. The monoisotopic (exact) mass is 300 g/mol. The molecule has 0 amide bonds. The van der Waals surface area contributed by atoms with E-state index >= 15 is 0 Å². The molecule has 0 spiro atoms. The number of hydrogen-bond acceptors (Lipinski definition) is 2. The fourth-order valence-electron chi connectivity index (χ4n) is 1.45. The molecule has 0 aliphatic carbocycles. The Morgan fingerprint density at radius 1 is 1.24 bits per heavy atom. The molecule has 1 aromatic carbocycles. The van der Waals surface area contributed by atoms with Crippen LogP contribution in [0.5, 0.6) is 0 Å². The predicted octanol–water partition coefficient (Wildman–Crippen LogP) is 3.95. The summed E-state index contributed by atoms with van der Waals surface area (Å²) >= 11 is 3.49. The van der Waals surface area contributed by atoms with E-state index < -0.39 is 0 Å². The largest absolute Gasteiger partial charge is 0.379 e. The zero-order chi connectivity index (χ0) is 12.7. The zero-order valence-electron chi connectivity index (χ0n) is 10.8. The molecule has 1 rings (SSSR count). The van der Waals surface area contributed by atoms with Gasteiger partial charge in [-0.3, -0.25) is 0 Å². The lowest BCUT2D eigenvalue weighted by molar-refractivity contribution is -0.0228. The fourth-order valence-corrected chi connectivity index (χ4v) is 2.01. The van der Waals surface area contributed by atoms with Crippen molar-refractivity contribution < 1.29 is 9.47 Å². The molecule has 0 radical (unpaired) electrons. The lowest BCUT2D eigenvalue weighted by Crippen LogP contribution is -2.25. The summed E-state index contributed by atoms with van der Waals surface area (Å²) in [5.41, 5.74) is 1.09. The van der Waals surface area contributed by atoms with E-state index in [2.05, 4.69) is 41.9 Å². The minimum absolute atomic E-state index is 0.115. The van der Waals surface area contributed by atoms with E-state index in [-0.39, 0.29) is 11.7 Å². The smallest absolute Gasteiger partial charge is 0.0921 e. The molecule has 0 aliphatic heterocycles. The lowest BCUT2D eigenvalue weighted by Gasteiger charge is -2.24. The topological polar surface area (TPSA) is 18.5 Å². The minimum Gasteiger partial charge on any atom is -0.379 e. The normalized spacial score (nSPS) is 13.6. The summed E-state index contributed by atoms with van der Waals surface area (Å²) in [6, 6.07) is 10.3. The van der Waals surface area contributed by atoms with Gasteiger partial charge in [0.05, 0.1) is 18.3 Å². The number of rotatable bonds is 7. The van der Waals surface area contributed by atoms with Gasteiger partial charge in [0.15, 0.2) is 0 Å². The summed E-state index contributed by atoms with van der Waals surface area (Å²) in [6.07, 6.45) is 1.00. The van der Waals surface area contributed by atoms with Gasteiger partial charge in [0.25, 0.3) is 0 Å². The first-order valence-corrected chi connectivity index (χ1v) is 6.99. The van der Waals surface area contributed by atoms with E-state index in [4.69, 9.17) is 9.47 Å². The summed E-state index contributed by atoms with van der Waals surface area (Å²) in [7, 11) is 1.74. The predicted molar refractivity (Wildman–Crippen MR) is 74.6 cm³/mol. The molecule has 1 aromatic rings.